The first-order chi connectivity index (χ1) is 20.8. The molecule has 1 heterocycles. The van der Waals surface area contributed by atoms with Crippen molar-refractivity contribution in [2.45, 2.75) is 50.5 Å². The van der Waals surface area contributed by atoms with Crippen LogP contribution in [0.5, 0.6) is 5.75 Å². The van der Waals surface area contributed by atoms with Gasteiger partial charge in [-0.1, -0.05) is 116 Å². The molecule has 1 fully saturated rings. The van der Waals surface area contributed by atoms with Gasteiger partial charge in [0.25, 0.3) is 0 Å². The molecule has 0 N–H and O–H groups in total. The molecule has 3 aliphatic rings. The van der Waals surface area contributed by atoms with Crippen molar-refractivity contribution in [2.75, 3.05) is 4.90 Å². The molecule has 42 heavy (non-hydrogen) atoms. The Labute approximate surface area is 248 Å². The molecule has 1 aliphatic heterocycles. The molecule has 0 amide bonds. The van der Waals surface area contributed by atoms with Crippen molar-refractivity contribution >= 4 is 27.7 Å². The highest BCUT2D eigenvalue weighted by atomic mass is 16.5. The molecule has 8 rings (SSSR count). The molecule has 2 nitrogen and oxygen atoms in total. The van der Waals surface area contributed by atoms with E-state index in [0.717, 1.165) is 17.9 Å². The van der Waals surface area contributed by atoms with Crippen LogP contribution in [-0.2, 0) is 0 Å². The van der Waals surface area contributed by atoms with Gasteiger partial charge in [0.1, 0.15) is 11.9 Å². The highest BCUT2D eigenvalue weighted by molar-refractivity contribution is 6.03. The van der Waals surface area contributed by atoms with Gasteiger partial charge in [0.2, 0.25) is 0 Å². The fraction of sp³-hybridized carbons (Fsp3) is 0.200. The third-order valence-electron chi connectivity index (χ3n) is 9.38. The molecule has 1 saturated carbocycles. The summed E-state index contributed by atoms with van der Waals surface area (Å²) >= 11 is 0. The van der Waals surface area contributed by atoms with Crippen LogP contribution < -0.4 is 9.64 Å². The van der Waals surface area contributed by atoms with Gasteiger partial charge in [0, 0.05) is 34.5 Å². The fourth-order valence-corrected chi connectivity index (χ4v) is 7.44. The molecular weight excluding hydrogens is 510 g/mol. The van der Waals surface area contributed by atoms with Crippen LogP contribution in [0.4, 0.5) is 11.4 Å². The molecular formula is C40H35NO. The fourth-order valence-electron chi connectivity index (χ4n) is 7.44. The van der Waals surface area contributed by atoms with Crippen molar-refractivity contribution in [1.82, 2.24) is 0 Å². The van der Waals surface area contributed by atoms with Crippen LogP contribution in [0.2, 0.25) is 0 Å². The van der Waals surface area contributed by atoms with E-state index in [1.54, 1.807) is 0 Å². The molecule has 2 heteroatoms. The van der Waals surface area contributed by atoms with E-state index >= 15 is 0 Å². The van der Waals surface area contributed by atoms with Crippen LogP contribution in [0, 0.1) is 0 Å². The molecule has 0 bridgehead atoms. The molecule has 0 saturated heterocycles. The van der Waals surface area contributed by atoms with Crippen molar-refractivity contribution in [3.63, 3.8) is 0 Å². The van der Waals surface area contributed by atoms with Crippen molar-refractivity contribution < 1.29 is 4.74 Å². The van der Waals surface area contributed by atoms with E-state index in [4.69, 9.17) is 4.74 Å². The molecule has 206 valence electrons. The lowest BCUT2D eigenvalue weighted by Crippen LogP contribution is -2.25. The van der Waals surface area contributed by atoms with E-state index in [0.29, 0.717) is 5.92 Å². The van der Waals surface area contributed by atoms with Gasteiger partial charge >= 0.3 is 0 Å². The second kappa shape index (κ2) is 10.7. The number of fused-ring (bicyclic) bond motifs is 4. The van der Waals surface area contributed by atoms with E-state index < -0.39 is 0 Å². The molecule has 5 aromatic carbocycles. The average Bonchev–Trinajstić information content (AvgIpc) is 3.43. The Morgan fingerprint density at radius 3 is 2.17 bits per heavy atom. The Morgan fingerprint density at radius 1 is 0.595 bits per heavy atom. The third-order valence-corrected chi connectivity index (χ3v) is 9.38. The Bertz CT molecular complexity index is 1820. The average molecular weight is 546 g/mol. The summed E-state index contributed by atoms with van der Waals surface area (Å²) < 4.78 is 6.48. The maximum absolute atomic E-state index is 6.48. The van der Waals surface area contributed by atoms with Gasteiger partial charge in [0.15, 0.2) is 0 Å². The monoisotopic (exact) mass is 545 g/mol. The molecule has 0 aromatic heterocycles. The van der Waals surface area contributed by atoms with Crippen LogP contribution in [0.3, 0.4) is 0 Å². The van der Waals surface area contributed by atoms with E-state index in [9.17, 15) is 0 Å². The van der Waals surface area contributed by atoms with Gasteiger partial charge in [-0.05, 0) is 71.0 Å². The van der Waals surface area contributed by atoms with Crippen LogP contribution in [-0.4, -0.2) is 6.10 Å². The predicted molar refractivity (Wildman–Crippen MR) is 175 cm³/mol. The van der Waals surface area contributed by atoms with E-state index in [1.807, 2.05) is 0 Å². The normalized spacial score (nSPS) is 18.0. The molecule has 1 atom stereocenters. The highest BCUT2D eigenvalue weighted by Crippen LogP contribution is 2.47. The lowest BCUT2D eigenvalue weighted by Gasteiger charge is -2.33. The SMILES string of the molecule is C1=C2c3ccccc3OC2CC(N(c2ccccc2)c2ccccc2-c2cccc3cccc(C4CCCCC4)c23)=C1. The first-order valence-electron chi connectivity index (χ1n) is 15.5. The standard InChI is InChI=1S/C40H35NO/c1-3-13-28(14-4-1)32-21-11-15-29-16-12-22-36(40(29)32)33-19-7-9-23-37(33)41(30-17-5-2-6-18-30)31-25-26-35-34-20-8-10-24-38(34)42-39(35)27-31/h2,5-12,15-26,28,39H,1,3-4,13-14,27H2. The Hall–Kier alpha value is -4.56. The number of anilines is 2. The number of allylic oxidation sites excluding steroid dienone is 2. The summed E-state index contributed by atoms with van der Waals surface area (Å²) in [4.78, 5) is 2.46. The van der Waals surface area contributed by atoms with Gasteiger partial charge in [-0.15, -0.1) is 0 Å². The van der Waals surface area contributed by atoms with Gasteiger partial charge in [-0.25, -0.2) is 0 Å². The zero-order valence-electron chi connectivity index (χ0n) is 23.9. The lowest BCUT2D eigenvalue weighted by molar-refractivity contribution is 0.274. The number of nitrogens with zero attached hydrogens (tertiary/aromatic N) is 1. The summed E-state index contributed by atoms with van der Waals surface area (Å²) in [5, 5.41) is 2.75. The van der Waals surface area contributed by atoms with Crippen LogP contribution in [0.15, 0.2) is 133 Å². The second-order valence-electron chi connectivity index (χ2n) is 11.9. The minimum atomic E-state index is 0.0243. The second-order valence-corrected chi connectivity index (χ2v) is 11.9. The smallest absolute Gasteiger partial charge is 0.130 e. The molecule has 1 unspecified atom stereocenters. The quantitative estimate of drug-likeness (QED) is 0.218. The lowest BCUT2D eigenvalue weighted by atomic mass is 9.80. The number of para-hydroxylation sites is 3. The summed E-state index contributed by atoms with van der Waals surface area (Å²) in [7, 11) is 0. The number of benzene rings is 5. The van der Waals surface area contributed by atoms with Gasteiger partial charge in [-0.3, -0.25) is 0 Å². The highest BCUT2D eigenvalue weighted by Gasteiger charge is 2.33. The van der Waals surface area contributed by atoms with Crippen LogP contribution in [0.1, 0.15) is 55.6 Å². The maximum atomic E-state index is 6.48. The number of ether oxygens (including phenoxy) is 1. The van der Waals surface area contributed by atoms with Crippen molar-refractivity contribution in [3.8, 4) is 16.9 Å². The Morgan fingerprint density at radius 2 is 1.31 bits per heavy atom. The zero-order valence-corrected chi connectivity index (χ0v) is 23.9. The van der Waals surface area contributed by atoms with Gasteiger partial charge < -0.3 is 9.64 Å². The predicted octanol–water partition coefficient (Wildman–Crippen LogP) is 10.8. The summed E-state index contributed by atoms with van der Waals surface area (Å²) in [6.07, 6.45) is 12.0. The third kappa shape index (κ3) is 4.34. The molecule has 2 aliphatic carbocycles. The molecule has 0 spiro atoms. The summed E-state index contributed by atoms with van der Waals surface area (Å²) in [5.74, 6) is 1.62. The number of hydrogen-bond acceptors (Lipinski definition) is 2. The van der Waals surface area contributed by atoms with Crippen LogP contribution >= 0.6 is 0 Å². The van der Waals surface area contributed by atoms with Crippen LogP contribution in [0.25, 0.3) is 27.5 Å². The van der Waals surface area contributed by atoms with E-state index in [1.165, 1.54) is 82.1 Å². The van der Waals surface area contributed by atoms with Crippen molar-refractivity contribution in [1.29, 1.82) is 0 Å². The number of hydrogen-bond donors (Lipinski definition) is 0. The Kier molecular flexibility index (Phi) is 6.41. The minimum absolute atomic E-state index is 0.0243. The minimum Gasteiger partial charge on any atom is -0.485 e. The Balaban J connectivity index is 1.29. The van der Waals surface area contributed by atoms with Crippen molar-refractivity contribution in [3.05, 3.63) is 144 Å². The summed E-state index contributed by atoms with van der Waals surface area (Å²) in [6.45, 7) is 0. The topological polar surface area (TPSA) is 12.5 Å². The first kappa shape index (κ1) is 25.2. The van der Waals surface area contributed by atoms with E-state index in [2.05, 4.69) is 132 Å². The van der Waals surface area contributed by atoms with E-state index in [-0.39, 0.29) is 6.10 Å². The molecule has 5 aromatic rings. The zero-order chi connectivity index (χ0) is 27.9. The summed E-state index contributed by atoms with van der Waals surface area (Å²) in [6, 6.07) is 42.0. The largest absolute Gasteiger partial charge is 0.485 e. The van der Waals surface area contributed by atoms with Gasteiger partial charge in [0.05, 0.1) is 5.69 Å². The molecule has 0 radical (unpaired) electrons. The maximum Gasteiger partial charge on any atom is 0.130 e. The summed E-state index contributed by atoms with van der Waals surface area (Å²) in [5.41, 5.74) is 10.2. The first-order valence-corrected chi connectivity index (χ1v) is 15.5. The number of rotatable bonds is 5. The van der Waals surface area contributed by atoms with Crippen molar-refractivity contribution in [2.24, 2.45) is 0 Å². The van der Waals surface area contributed by atoms with Gasteiger partial charge in [-0.2, -0.15) is 0 Å².